The smallest absolute Gasteiger partial charge is 0.369 e. The van der Waals surface area contributed by atoms with Crippen molar-refractivity contribution in [1.82, 2.24) is 15.0 Å². The molecule has 4 nitrogen and oxygen atoms in total. The van der Waals surface area contributed by atoms with Gasteiger partial charge >= 0.3 is 6.18 Å². The molecule has 0 atom stereocenters. The van der Waals surface area contributed by atoms with Crippen molar-refractivity contribution in [1.29, 1.82) is 0 Å². The van der Waals surface area contributed by atoms with Gasteiger partial charge < -0.3 is 5.32 Å². The van der Waals surface area contributed by atoms with E-state index in [0.29, 0.717) is 18.4 Å². The molecule has 2 heterocycles. The number of halogens is 3. The molecule has 0 aliphatic rings. The third kappa shape index (κ3) is 3.56. The van der Waals surface area contributed by atoms with Crippen molar-refractivity contribution in [2.24, 2.45) is 0 Å². The number of nitrogens with one attached hydrogen (secondary N) is 1. The molecular formula is C16H13F3N4. The number of nitrogens with zero attached hydrogens (tertiary/aromatic N) is 3. The second-order valence-electron chi connectivity index (χ2n) is 4.91. The molecule has 118 valence electrons. The minimum atomic E-state index is -4.58. The van der Waals surface area contributed by atoms with Gasteiger partial charge in [0.25, 0.3) is 0 Å². The summed E-state index contributed by atoms with van der Waals surface area (Å²) in [5, 5.41) is 3.51. The van der Waals surface area contributed by atoms with Crippen LogP contribution < -0.4 is 5.32 Å². The number of benzene rings is 1. The van der Waals surface area contributed by atoms with Crippen molar-refractivity contribution in [3.63, 3.8) is 0 Å². The first-order valence-electron chi connectivity index (χ1n) is 7.02. The number of rotatable bonds is 4. The molecule has 0 saturated carbocycles. The first kappa shape index (κ1) is 15.2. The number of fused-ring (bicyclic) bond motifs is 1. The summed E-state index contributed by atoms with van der Waals surface area (Å²) in [7, 11) is 0. The van der Waals surface area contributed by atoms with Gasteiger partial charge in [-0.3, -0.25) is 4.98 Å². The molecule has 0 saturated heterocycles. The van der Waals surface area contributed by atoms with Gasteiger partial charge in [-0.2, -0.15) is 13.2 Å². The maximum Gasteiger partial charge on any atom is 0.451 e. The number of pyridine rings is 1. The van der Waals surface area contributed by atoms with E-state index < -0.39 is 12.0 Å². The van der Waals surface area contributed by atoms with E-state index in [9.17, 15) is 13.2 Å². The number of aromatic nitrogens is 3. The maximum atomic E-state index is 12.9. The number of para-hydroxylation sites is 1. The van der Waals surface area contributed by atoms with E-state index in [-0.39, 0.29) is 11.3 Å². The highest BCUT2D eigenvalue weighted by atomic mass is 19.4. The van der Waals surface area contributed by atoms with Crippen LogP contribution in [0.3, 0.4) is 0 Å². The van der Waals surface area contributed by atoms with Gasteiger partial charge in [0, 0.05) is 30.2 Å². The van der Waals surface area contributed by atoms with Crippen LogP contribution in [0.4, 0.5) is 19.0 Å². The molecule has 0 aliphatic heterocycles. The number of anilines is 1. The standard InChI is InChI=1S/C16H13F3N4/c17-16(18,19)15-22-13-7-2-1-6-12(13)14(23-15)21-10-8-11-5-3-4-9-20-11/h1-7,9H,8,10H2,(H,21,22,23). The van der Waals surface area contributed by atoms with Crippen molar-refractivity contribution < 1.29 is 13.2 Å². The van der Waals surface area contributed by atoms with Crippen molar-refractivity contribution in [2.75, 3.05) is 11.9 Å². The molecule has 1 N–H and O–H groups in total. The minimum Gasteiger partial charge on any atom is -0.369 e. The van der Waals surface area contributed by atoms with Crippen molar-refractivity contribution in [3.8, 4) is 0 Å². The van der Waals surface area contributed by atoms with Gasteiger partial charge in [0.1, 0.15) is 5.82 Å². The Balaban J connectivity index is 1.86. The molecule has 0 fully saturated rings. The zero-order valence-electron chi connectivity index (χ0n) is 12.0. The van der Waals surface area contributed by atoms with E-state index in [1.165, 1.54) is 6.07 Å². The molecule has 0 spiro atoms. The average molecular weight is 318 g/mol. The Morgan fingerprint density at radius 2 is 1.74 bits per heavy atom. The van der Waals surface area contributed by atoms with Crippen LogP contribution in [-0.4, -0.2) is 21.5 Å². The molecule has 0 radical (unpaired) electrons. The van der Waals surface area contributed by atoms with E-state index in [1.807, 2.05) is 18.2 Å². The first-order valence-corrected chi connectivity index (χ1v) is 7.02. The third-order valence-electron chi connectivity index (χ3n) is 3.26. The van der Waals surface area contributed by atoms with Gasteiger partial charge in [-0.1, -0.05) is 18.2 Å². The molecule has 0 amide bonds. The largest absolute Gasteiger partial charge is 0.451 e. The Morgan fingerprint density at radius 3 is 2.48 bits per heavy atom. The van der Waals surface area contributed by atoms with Gasteiger partial charge in [-0.25, -0.2) is 9.97 Å². The van der Waals surface area contributed by atoms with Crippen LogP contribution in [0, 0.1) is 0 Å². The van der Waals surface area contributed by atoms with Crippen LogP contribution in [0.1, 0.15) is 11.5 Å². The second kappa shape index (κ2) is 6.20. The van der Waals surface area contributed by atoms with Crippen LogP contribution in [-0.2, 0) is 12.6 Å². The molecule has 3 aromatic rings. The van der Waals surface area contributed by atoms with Crippen LogP contribution in [0.15, 0.2) is 48.7 Å². The summed E-state index contributed by atoms with van der Waals surface area (Å²) in [6.45, 7) is 0.426. The lowest BCUT2D eigenvalue weighted by molar-refractivity contribution is -0.144. The molecule has 7 heteroatoms. The molecule has 0 unspecified atom stereocenters. The van der Waals surface area contributed by atoms with Crippen LogP contribution in [0.5, 0.6) is 0 Å². The highest BCUT2D eigenvalue weighted by molar-refractivity contribution is 5.89. The molecule has 3 rings (SSSR count). The number of hydrogen-bond donors (Lipinski definition) is 1. The average Bonchev–Trinajstić information content (AvgIpc) is 2.55. The normalized spacial score (nSPS) is 11.6. The molecular weight excluding hydrogens is 305 g/mol. The Morgan fingerprint density at radius 1 is 0.957 bits per heavy atom. The summed E-state index contributed by atoms with van der Waals surface area (Å²) in [4.78, 5) is 11.4. The van der Waals surface area contributed by atoms with Crippen molar-refractivity contribution >= 4 is 16.7 Å². The first-order chi connectivity index (χ1) is 11.0. The quantitative estimate of drug-likeness (QED) is 0.797. The Kier molecular flexibility index (Phi) is 4.10. The monoisotopic (exact) mass is 318 g/mol. The van der Waals surface area contributed by atoms with Gasteiger partial charge in [0.15, 0.2) is 0 Å². The highest BCUT2D eigenvalue weighted by Gasteiger charge is 2.35. The summed E-state index contributed by atoms with van der Waals surface area (Å²) < 4.78 is 38.8. The molecule has 0 bridgehead atoms. The minimum absolute atomic E-state index is 0.179. The Bertz CT molecular complexity index is 803. The number of hydrogen-bond acceptors (Lipinski definition) is 4. The van der Waals surface area contributed by atoms with Crippen molar-refractivity contribution in [3.05, 3.63) is 60.2 Å². The lowest BCUT2D eigenvalue weighted by atomic mass is 10.2. The number of alkyl halides is 3. The predicted molar refractivity (Wildman–Crippen MR) is 81.0 cm³/mol. The second-order valence-corrected chi connectivity index (χ2v) is 4.91. The zero-order valence-corrected chi connectivity index (χ0v) is 12.0. The van der Waals surface area contributed by atoms with Gasteiger partial charge in [-0.15, -0.1) is 0 Å². The molecule has 0 aliphatic carbocycles. The predicted octanol–water partition coefficient (Wildman–Crippen LogP) is 3.70. The SMILES string of the molecule is FC(F)(F)c1nc(NCCc2ccccn2)c2ccccc2n1. The Labute approximate surface area is 130 Å². The van der Waals surface area contributed by atoms with E-state index in [0.717, 1.165) is 5.69 Å². The summed E-state index contributed by atoms with van der Waals surface area (Å²) in [5.74, 6) is -0.963. The van der Waals surface area contributed by atoms with E-state index in [1.54, 1.807) is 24.4 Å². The highest BCUT2D eigenvalue weighted by Crippen LogP contribution is 2.30. The zero-order chi connectivity index (χ0) is 16.3. The van der Waals surface area contributed by atoms with Crippen LogP contribution in [0.2, 0.25) is 0 Å². The molecule has 2 aromatic heterocycles. The fraction of sp³-hybridized carbons (Fsp3) is 0.188. The Hall–Kier alpha value is -2.70. The third-order valence-corrected chi connectivity index (χ3v) is 3.26. The van der Waals surface area contributed by atoms with Gasteiger partial charge in [0.05, 0.1) is 5.52 Å². The molecule has 1 aromatic carbocycles. The lowest BCUT2D eigenvalue weighted by Gasteiger charge is -2.12. The van der Waals surface area contributed by atoms with Crippen LogP contribution in [0.25, 0.3) is 10.9 Å². The van der Waals surface area contributed by atoms with E-state index >= 15 is 0 Å². The summed E-state index contributed by atoms with van der Waals surface area (Å²) >= 11 is 0. The van der Waals surface area contributed by atoms with Gasteiger partial charge in [-0.05, 0) is 24.3 Å². The summed E-state index contributed by atoms with van der Waals surface area (Å²) in [6.07, 6.45) is -2.32. The van der Waals surface area contributed by atoms with Crippen LogP contribution >= 0.6 is 0 Å². The van der Waals surface area contributed by atoms with E-state index in [4.69, 9.17) is 0 Å². The summed E-state index contributed by atoms with van der Waals surface area (Å²) in [6, 6.07) is 12.2. The fourth-order valence-electron chi connectivity index (χ4n) is 2.19. The topological polar surface area (TPSA) is 50.7 Å². The van der Waals surface area contributed by atoms with Gasteiger partial charge in [0.2, 0.25) is 5.82 Å². The summed E-state index contributed by atoms with van der Waals surface area (Å²) in [5.41, 5.74) is 1.12. The van der Waals surface area contributed by atoms with Crippen molar-refractivity contribution in [2.45, 2.75) is 12.6 Å². The fourth-order valence-corrected chi connectivity index (χ4v) is 2.19. The van der Waals surface area contributed by atoms with E-state index in [2.05, 4.69) is 20.3 Å². The maximum absolute atomic E-state index is 12.9. The molecule has 23 heavy (non-hydrogen) atoms. The lowest BCUT2D eigenvalue weighted by Crippen LogP contribution is -2.15.